The second-order valence-electron chi connectivity index (χ2n) is 11.6. The molecule has 2 heterocycles. The number of ether oxygens (including phenoxy) is 2. The maximum Gasteiger partial charge on any atom is 0.251 e. The average molecular weight is 642 g/mol. The molecule has 0 saturated heterocycles. The number of nitrogens with two attached hydrogens (primary N) is 1. The first-order valence-electron chi connectivity index (χ1n) is 14.7. The molecule has 2 aromatic heterocycles. The predicted molar refractivity (Wildman–Crippen MR) is 157 cm³/mol. The number of amides is 2. The van der Waals surface area contributed by atoms with E-state index >= 15 is 4.39 Å². The van der Waals surface area contributed by atoms with Gasteiger partial charge in [0.2, 0.25) is 11.7 Å². The van der Waals surface area contributed by atoms with Gasteiger partial charge in [0, 0.05) is 41.1 Å². The van der Waals surface area contributed by atoms with Gasteiger partial charge in [-0.3, -0.25) is 9.59 Å². The first-order chi connectivity index (χ1) is 21.9. The highest BCUT2D eigenvalue weighted by atomic mass is 19.2. The van der Waals surface area contributed by atoms with Gasteiger partial charge in [0.1, 0.15) is 28.3 Å². The largest absolute Gasteiger partial charge is 0.494 e. The van der Waals surface area contributed by atoms with Crippen molar-refractivity contribution in [3.8, 4) is 22.8 Å². The summed E-state index contributed by atoms with van der Waals surface area (Å²) in [6.07, 6.45) is 2.90. The maximum atomic E-state index is 15.1. The normalized spacial score (nSPS) is 16.6. The van der Waals surface area contributed by atoms with Crippen molar-refractivity contribution in [1.82, 2.24) is 20.1 Å². The van der Waals surface area contributed by atoms with Gasteiger partial charge in [-0.2, -0.15) is 5.10 Å². The molecule has 4 N–H and O–H groups in total. The first-order valence-corrected chi connectivity index (χ1v) is 14.7. The zero-order valence-electron chi connectivity index (χ0n) is 25.0. The van der Waals surface area contributed by atoms with Crippen LogP contribution in [-0.4, -0.2) is 51.9 Å². The number of methoxy groups -OCH3 is 1. The second kappa shape index (κ2) is 11.6. The summed E-state index contributed by atoms with van der Waals surface area (Å²) in [7, 11) is 1.40. The molecule has 2 amide bonds. The number of aromatic nitrogens is 3. The summed E-state index contributed by atoms with van der Waals surface area (Å²) in [6.45, 7) is 1.32. The highest BCUT2D eigenvalue weighted by Crippen LogP contribution is 2.48. The van der Waals surface area contributed by atoms with E-state index in [0.29, 0.717) is 36.6 Å². The summed E-state index contributed by atoms with van der Waals surface area (Å²) in [5.74, 6) is -7.83. The molecule has 242 valence electrons. The lowest BCUT2D eigenvalue weighted by atomic mass is 9.90. The minimum atomic E-state index is -1.83. The number of nitrogens with one attached hydrogen (secondary N) is 1. The van der Waals surface area contributed by atoms with Gasteiger partial charge in [-0.25, -0.2) is 27.2 Å². The van der Waals surface area contributed by atoms with E-state index in [1.165, 1.54) is 36.2 Å². The van der Waals surface area contributed by atoms with Crippen molar-refractivity contribution in [2.75, 3.05) is 20.3 Å². The van der Waals surface area contributed by atoms with Crippen LogP contribution in [0.3, 0.4) is 0 Å². The van der Waals surface area contributed by atoms with Gasteiger partial charge in [0.25, 0.3) is 5.91 Å². The zero-order chi connectivity index (χ0) is 33.0. The highest BCUT2D eigenvalue weighted by Gasteiger charge is 2.48. The molecule has 2 aliphatic carbocycles. The molecule has 2 fully saturated rings. The standard InChI is InChI=1S/C32H31F4N5O5/c1-3-46-29-16(13-24(37)42)12-23(39-28(29)20-6-7-21(33)26(35)25(20)34)32(44,19-4-5-19)15-38-30(43)17-10-18-14-41(31(36)8-9-31)40-27(18)22(11-17)45-2/h6-7,10-12,14,19,44H,3-5,8-9,13,15H2,1-2H3,(H2,37,42)(H,38,43)/t32-/m1/s1. The third-order valence-electron chi connectivity index (χ3n) is 8.34. The number of carbonyl (C=O) groups is 2. The Morgan fingerprint density at radius 1 is 1.17 bits per heavy atom. The number of hydrogen-bond donors (Lipinski definition) is 3. The van der Waals surface area contributed by atoms with Crippen LogP contribution in [0, 0.1) is 23.4 Å². The van der Waals surface area contributed by atoms with Crippen molar-refractivity contribution in [2.24, 2.45) is 11.7 Å². The lowest BCUT2D eigenvalue weighted by Gasteiger charge is -2.30. The molecular formula is C32H31F4N5O5. The monoisotopic (exact) mass is 641 g/mol. The summed E-state index contributed by atoms with van der Waals surface area (Å²) < 4.78 is 70.3. The fourth-order valence-electron chi connectivity index (χ4n) is 5.57. The van der Waals surface area contributed by atoms with Crippen LogP contribution in [0.15, 0.2) is 36.5 Å². The van der Waals surface area contributed by atoms with E-state index in [1.807, 2.05) is 0 Å². The Hall–Kier alpha value is -4.72. The van der Waals surface area contributed by atoms with Crippen LogP contribution in [0.4, 0.5) is 17.6 Å². The number of hydrogen-bond acceptors (Lipinski definition) is 7. The third kappa shape index (κ3) is 5.61. The van der Waals surface area contributed by atoms with Crippen molar-refractivity contribution >= 4 is 22.7 Å². The van der Waals surface area contributed by atoms with Crippen molar-refractivity contribution in [3.63, 3.8) is 0 Å². The minimum Gasteiger partial charge on any atom is -0.494 e. The van der Waals surface area contributed by atoms with Gasteiger partial charge in [-0.15, -0.1) is 0 Å². The van der Waals surface area contributed by atoms with E-state index in [4.69, 9.17) is 15.2 Å². The molecule has 46 heavy (non-hydrogen) atoms. The Bertz CT molecular complexity index is 1870. The molecule has 0 unspecified atom stereocenters. The topological polar surface area (TPSA) is 142 Å². The summed E-state index contributed by atoms with van der Waals surface area (Å²) in [6, 6.07) is 6.07. The zero-order valence-corrected chi connectivity index (χ0v) is 25.0. The van der Waals surface area contributed by atoms with E-state index in [1.54, 1.807) is 6.92 Å². The highest BCUT2D eigenvalue weighted by molar-refractivity contribution is 6.00. The van der Waals surface area contributed by atoms with Crippen molar-refractivity contribution in [1.29, 1.82) is 0 Å². The van der Waals surface area contributed by atoms with Gasteiger partial charge in [0.15, 0.2) is 17.5 Å². The predicted octanol–water partition coefficient (Wildman–Crippen LogP) is 4.39. The van der Waals surface area contributed by atoms with Crippen LogP contribution < -0.4 is 20.5 Å². The smallest absolute Gasteiger partial charge is 0.251 e. The van der Waals surface area contributed by atoms with Gasteiger partial charge >= 0.3 is 0 Å². The SMILES string of the molecule is CCOc1c(CC(N)=O)cc([C@@](O)(CNC(=O)c2cc(OC)c3nn(C4(F)CC4)cc3c2)C2CC2)nc1-c1ccc(F)c(F)c1F. The third-order valence-corrected chi connectivity index (χ3v) is 8.34. The fourth-order valence-corrected chi connectivity index (χ4v) is 5.57. The summed E-state index contributed by atoms with van der Waals surface area (Å²) in [5.41, 5.74) is 3.54. The van der Waals surface area contributed by atoms with Crippen LogP contribution >= 0.6 is 0 Å². The van der Waals surface area contributed by atoms with Gasteiger partial charge in [-0.1, -0.05) is 0 Å². The van der Waals surface area contributed by atoms with E-state index in [9.17, 15) is 27.9 Å². The average Bonchev–Trinajstić information content (AvgIpc) is 3.97. The molecule has 2 aromatic carbocycles. The van der Waals surface area contributed by atoms with Crippen LogP contribution in [0.25, 0.3) is 22.2 Å². The van der Waals surface area contributed by atoms with Crippen molar-refractivity contribution in [3.05, 3.63) is 70.8 Å². The Morgan fingerprint density at radius 3 is 2.54 bits per heavy atom. The molecule has 1 atom stereocenters. The molecule has 0 spiro atoms. The molecule has 2 aliphatic rings. The molecule has 2 saturated carbocycles. The molecule has 0 aliphatic heterocycles. The molecule has 0 bridgehead atoms. The summed E-state index contributed by atoms with van der Waals surface area (Å²) >= 11 is 0. The number of primary amides is 1. The van der Waals surface area contributed by atoms with E-state index in [-0.39, 0.29) is 47.2 Å². The summed E-state index contributed by atoms with van der Waals surface area (Å²) in [4.78, 5) is 29.9. The number of halogens is 4. The van der Waals surface area contributed by atoms with Crippen LogP contribution in [-0.2, 0) is 22.6 Å². The molecule has 10 nitrogen and oxygen atoms in total. The quantitative estimate of drug-likeness (QED) is 0.154. The molecular weight excluding hydrogens is 610 g/mol. The fraction of sp³-hybridized carbons (Fsp3) is 0.375. The Labute approximate surface area is 260 Å². The Morgan fingerprint density at radius 2 is 1.91 bits per heavy atom. The summed E-state index contributed by atoms with van der Waals surface area (Å²) in [5, 5.41) is 19.6. The number of aliphatic hydroxyl groups is 1. The number of pyridine rings is 1. The first kappa shape index (κ1) is 31.3. The number of fused-ring (bicyclic) bond motifs is 1. The van der Waals surface area contributed by atoms with E-state index < -0.39 is 58.6 Å². The van der Waals surface area contributed by atoms with Gasteiger partial charge < -0.3 is 25.6 Å². The van der Waals surface area contributed by atoms with Gasteiger partial charge in [0.05, 0.1) is 32.4 Å². The molecule has 4 aromatic rings. The Kier molecular flexibility index (Phi) is 7.87. The number of nitrogens with zero attached hydrogens (tertiary/aromatic N) is 3. The van der Waals surface area contributed by atoms with E-state index in [2.05, 4.69) is 15.4 Å². The van der Waals surface area contributed by atoms with Gasteiger partial charge in [-0.05, 0) is 56.0 Å². The minimum absolute atomic E-state index is 0.0487. The van der Waals surface area contributed by atoms with Crippen molar-refractivity contribution in [2.45, 2.75) is 50.4 Å². The van der Waals surface area contributed by atoms with E-state index in [0.717, 1.165) is 12.1 Å². The van der Waals surface area contributed by atoms with Crippen LogP contribution in [0.5, 0.6) is 11.5 Å². The number of benzene rings is 2. The lowest BCUT2D eigenvalue weighted by molar-refractivity contribution is -0.117. The second-order valence-corrected chi connectivity index (χ2v) is 11.6. The molecule has 6 rings (SSSR count). The number of rotatable bonds is 12. The maximum absolute atomic E-state index is 15.1. The van der Waals surface area contributed by atoms with Crippen LogP contribution in [0.2, 0.25) is 0 Å². The number of carbonyl (C=O) groups excluding carboxylic acids is 2. The molecule has 0 radical (unpaired) electrons. The lowest BCUT2D eigenvalue weighted by Crippen LogP contribution is -2.43. The number of alkyl halides is 1. The van der Waals surface area contributed by atoms with Crippen molar-refractivity contribution < 1.29 is 41.7 Å². The Balaban J connectivity index is 1.38. The molecule has 14 heteroatoms. The van der Waals surface area contributed by atoms with Crippen LogP contribution in [0.1, 0.15) is 54.2 Å².